The molecule has 0 aliphatic carbocycles. The van der Waals surface area contributed by atoms with Crippen molar-refractivity contribution in [1.82, 2.24) is 10.6 Å². The van der Waals surface area contributed by atoms with E-state index < -0.39 is 17.8 Å². The summed E-state index contributed by atoms with van der Waals surface area (Å²) in [5.74, 6) is -0.0730. The zero-order valence-electron chi connectivity index (χ0n) is 13.7. The quantitative estimate of drug-likeness (QED) is 0.590. The van der Waals surface area contributed by atoms with Gasteiger partial charge < -0.3 is 0 Å². The Labute approximate surface area is 159 Å². The second-order valence-electron chi connectivity index (χ2n) is 5.45. The van der Waals surface area contributed by atoms with Crippen LogP contribution in [0.5, 0.6) is 0 Å². The van der Waals surface area contributed by atoms with Crippen molar-refractivity contribution in [2.75, 3.05) is 0 Å². The third kappa shape index (κ3) is 4.77. The van der Waals surface area contributed by atoms with E-state index in [0.29, 0.717) is 15.7 Å². The van der Waals surface area contributed by atoms with Crippen molar-refractivity contribution < 1.29 is 14.4 Å². The van der Waals surface area contributed by atoms with Crippen LogP contribution in [-0.4, -0.2) is 17.8 Å². The molecule has 0 bridgehead atoms. The number of urea groups is 1. The second-order valence-corrected chi connectivity index (χ2v) is 7.68. The van der Waals surface area contributed by atoms with Gasteiger partial charge in [0.2, 0.25) is 0 Å². The van der Waals surface area contributed by atoms with Crippen molar-refractivity contribution in [2.45, 2.75) is 11.5 Å². The van der Waals surface area contributed by atoms with Crippen LogP contribution in [0, 0.1) is 0 Å². The fourth-order valence-corrected chi connectivity index (χ4v) is 4.61. The Hall–Kier alpha value is -2.51. The topological polar surface area (TPSA) is 75.3 Å². The predicted molar refractivity (Wildman–Crippen MR) is 104 cm³/mol. The highest BCUT2D eigenvalue weighted by atomic mass is 32.2. The van der Waals surface area contributed by atoms with Gasteiger partial charge in [0.15, 0.2) is 0 Å². The Morgan fingerprint density at radius 3 is 1.54 bits per heavy atom. The maximum Gasteiger partial charge on any atom is 0.328 e. The fraction of sp³-hybridized carbons (Fsp3) is 0.105. The molecule has 3 rings (SSSR count). The van der Waals surface area contributed by atoms with Crippen molar-refractivity contribution in [3.05, 3.63) is 81.6 Å². The summed E-state index contributed by atoms with van der Waals surface area (Å²) in [6.45, 7) is 0. The van der Waals surface area contributed by atoms with Gasteiger partial charge in [-0.2, -0.15) is 0 Å². The van der Waals surface area contributed by atoms with Gasteiger partial charge in [0.05, 0.1) is 4.24 Å². The molecule has 7 heteroatoms. The zero-order valence-corrected chi connectivity index (χ0v) is 15.4. The summed E-state index contributed by atoms with van der Waals surface area (Å²) in [5.41, 5.74) is 2.17. The number of barbiturate groups is 1. The van der Waals surface area contributed by atoms with E-state index in [1.165, 1.54) is 23.5 Å². The molecule has 4 amide bonds. The molecule has 0 aromatic heterocycles. The van der Waals surface area contributed by atoms with E-state index in [9.17, 15) is 14.4 Å². The number of benzene rings is 2. The molecular formula is C19H16N2O3S2. The van der Waals surface area contributed by atoms with Gasteiger partial charge in [-0.15, -0.1) is 23.5 Å². The Morgan fingerprint density at radius 2 is 1.12 bits per heavy atom. The Bertz CT molecular complexity index is 784. The summed E-state index contributed by atoms with van der Waals surface area (Å²) in [4.78, 5) is 35.7. The van der Waals surface area contributed by atoms with E-state index in [1.807, 2.05) is 60.7 Å². The number of thioether (sulfide) groups is 2. The minimum atomic E-state index is -0.788. The molecule has 0 saturated carbocycles. The molecule has 132 valence electrons. The van der Waals surface area contributed by atoms with Crippen LogP contribution in [0.3, 0.4) is 0 Å². The lowest BCUT2D eigenvalue weighted by Gasteiger charge is -2.18. The molecule has 0 spiro atoms. The first-order chi connectivity index (χ1) is 12.6. The lowest BCUT2D eigenvalue weighted by atomic mass is 10.2. The molecule has 1 saturated heterocycles. The number of imide groups is 2. The molecule has 1 fully saturated rings. The molecule has 1 aliphatic heterocycles. The van der Waals surface area contributed by atoms with E-state index >= 15 is 0 Å². The van der Waals surface area contributed by atoms with Crippen LogP contribution in [0.25, 0.3) is 0 Å². The Kier molecular flexibility index (Phi) is 6.14. The van der Waals surface area contributed by atoms with Gasteiger partial charge in [-0.05, 0) is 11.1 Å². The first-order valence-electron chi connectivity index (χ1n) is 7.88. The maximum absolute atomic E-state index is 12.2. The molecule has 26 heavy (non-hydrogen) atoms. The summed E-state index contributed by atoms with van der Waals surface area (Å²) in [7, 11) is 0. The van der Waals surface area contributed by atoms with E-state index in [-0.39, 0.29) is 5.57 Å². The van der Waals surface area contributed by atoms with Crippen LogP contribution in [0.4, 0.5) is 4.79 Å². The molecule has 5 nitrogen and oxygen atoms in total. The number of hydrogen-bond acceptors (Lipinski definition) is 5. The largest absolute Gasteiger partial charge is 0.328 e. The molecule has 2 aromatic carbocycles. The maximum atomic E-state index is 12.2. The standard InChI is InChI=1S/C19H16N2O3S2/c22-16-15(17(23)21-19(24)20-16)18(25-11-13-7-3-1-4-8-13)26-12-14-9-5-2-6-10-14/h1-10H,11-12H2,(H2,20,21,22,23,24). The van der Waals surface area contributed by atoms with Gasteiger partial charge in [0.25, 0.3) is 11.8 Å². The average molecular weight is 384 g/mol. The van der Waals surface area contributed by atoms with Crippen LogP contribution >= 0.6 is 23.5 Å². The summed E-state index contributed by atoms with van der Waals surface area (Å²) < 4.78 is 0.597. The number of amides is 4. The second kappa shape index (κ2) is 8.73. The van der Waals surface area contributed by atoms with Crippen LogP contribution in [0.2, 0.25) is 0 Å². The number of rotatable bonds is 6. The number of carbonyl (C=O) groups excluding carboxylic acids is 3. The molecule has 2 N–H and O–H groups in total. The molecule has 0 radical (unpaired) electrons. The van der Waals surface area contributed by atoms with Crippen molar-refractivity contribution >= 4 is 41.4 Å². The van der Waals surface area contributed by atoms with Crippen LogP contribution < -0.4 is 10.6 Å². The van der Waals surface area contributed by atoms with Crippen molar-refractivity contribution in [3.8, 4) is 0 Å². The van der Waals surface area contributed by atoms with Gasteiger partial charge in [0, 0.05) is 11.5 Å². The summed E-state index contributed by atoms with van der Waals surface area (Å²) in [6.07, 6.45) is 0. The van der Waals surface area contributed by atoms with Gasteiger partial charge in [0.1, 0.15) is 5.57 Å². The van der Waals surface area contributed by atoms with Gasteiger partial charge in [-0.1, -0.05) is 60.7 Å². The lowest BCUT2D eigenvalue weighted by Crippen LogP contribution is -2.51. The van der Waals surface area contributed by atoms with Crippen LogP contribution in [-0.2, 0) is 21.1 Å². The third-order valence-corrected chi connectivity index (χ3v) is 6.13. The van der Waals surface area contributed by atoms with E-state index in [4.69, 9.17) is 0 Å². The van der Waals surface area contributed by atoms with E-state index in [1.54, 1.807) is 0 Å². The SMILES string of the molecule is O=C1NC(=O)C(=C(SCc2ccccc2)SCc2ccccc2)C(=O)N1. The van der Waals surface area contributed by atoms with Crippen molar-refractivity contribution in [1.29, 1.82) is 0 Å². The molecule has 2 aromatic rings. The molecule has 1 heterocycles. The van der Waals surface area contributed by atoms with Crippen LogP contribution in [0.15, 0.2) is 70.5 Å². The molecular weight excluding hydrogens is 368 g/mol. The first kappa shape index (κ1) is 18.3. The number of carbonyl (C=O) groups is 3. The van der Waals surface area contributed by atoms with Gasteiger partial charge >= 0.3 is 6.03 Å². The summed E-state index contributed by atoms with van der Waals surface area (Å²) in [6, 6.07) is 18.8. The predicted octanol–water partition coefficient (Wildman–Crippen LogP) is 3.43. The first-order valence-corrected chi connectivity index (χ1v) is 9.85. The van der Waals surface area contributed by atoms with Crippen LogP contribution in [0.1, 0.15) is 11.1 Å². The Morgan fingerprint density at radius 1 is 0.692 bits per heavy atom. The van der Waals surface area contributed by atoms with Crippen molar-refractivity contribution in [2.24, 2.45) is 0 Å². The number of nitrogens with one attached hydrogen (secondary N) is 2. The molecule has 0 atom stereocenters. The summed E-state index contributed by atoms with van der Waals surface area (Å²) >= 11 is 2.84. The highest BCUT2D eigenvalue weighted by molar-refractivity contribution is 8.21. The smallest absolute Gasteiger partial charge is 0.273 e. The summed E-state index contributed by atoms with van der Waals surface area (Å²) in [5, 5.41) is 4.28. The van der Waals surface area contributed by atoms with Gasteiger partial charge in [-0.3, -0.25) is 20.2 Å². The van der Waals surface area contributed by atoms with Gasteiger partial charge in [-0.25, -0.2) is 4.79 Å². The third-order valence-electron chi connectivity index (χ3n) is 3.54. The highest BCUT2D eigenvalue weighted by Gasteiger charge is 2.31. The zero-order chi connectivity index (χ0) is 18.4. The fourth-order valence-electron chi connectivity index (χ4n) is 2.28. The minimum absolute atomic E-state index is 0.00791. The Balaban J connectivity index is 1.82. The monoisotopic (exact) mass is 384 g/mol. The average Bonchev–Trinajstić information content (AvgIpc) is 2.64. The minimum Gasteiger partial charge on any atom is -0.273 e. The normalized spacial score (nSPS) is 14.0. The highest BCUT2D eigenvalue weighted by Crippen LogP contribution is 2.36. The molecule has 1 aliphatic rings. The number of hydrogen-bond donors (Lipinski definition) is 2. The lowest BCUT2D eigenvalue weighted by molar-refractivity contribution is -0.124. The van der Waals surface area contributed by atoms with Crippen molar-refractivity contribution in [3.63, 3.8) is 0 Å². The molecule has 0 unspecified atom stereocenters. The van der Waals surface area contributed by atoms with E-state index in [0.717, 1.165) is 11.1 Å². The van der Waals surface area contributed by atoms with E-state index in [2.05, 4.69) is 10.6 Å².